The molecule has 0 radical (unpaired) electrons. The van der Waals surface area contributed by atoms with Crippen molar-refractivity contribution in [1.82, 2.24) is 0 Å². The average Bonchev–Trinajstić information content (AvgIpc) is 2.37. The number of ketones is 1. The summed E-state index contributed by atoms with van der Waals surface area (Å²) in [7, 11) is 0. The average molecular weight is 338 g/mol. The molecule has 0 fully saturated rings. The Kier molecular flexibility index (Phi) is 4.78. The number of aryl methyl sites for hydroxylation is 1. The smallest absolute Gasteiger partial charge is 0.193 e. The number of rotatable bonds is 4. The molecule has 0 aliphatic heterocycles. The number of hydrogen-bond acceptors (Lipinski definition) is 1. The van der Waals surface area contributed by atoms with Crippen molar-refractivity contribution in [3.63, 3.8) is 0 Å². The van der Waals surface area contributed by atoms with Crippen molar-refractivity contribution in [1.29, 1.82) is 0 Å². The number of halogens is 2. The van der Waals surface area contributed by atoms with E-state index in [0.717, 1.165) is 17.3 Å². The van der Waals surface area contributed by atoms with Gasteiger partial charge < -0.3 is 0 Å². The summed E-state index contributed by atoms with van der Waals surface area (Å²) in [4.78, 5) is 12.4. The van der Waals surface area contributed by atoms with Crippen molar-refractivity contribution in [2.75, 3.05) is 0 Å². The van der Waals surface area contributed by atoms with E-state index in [2.05, 4.69) is 22.9 Å². The number of carbonyl (C=O) groups excluding carboxylic acids is 1. The van der Waals surface area contributed by atoms with Gasteiger partial charge in [0.25, 0.3) is 0 Å². The maximum absolute atomic E-state index is 12.4. The van der Waals surface area contributed by atoms with Gasteiger partial charge in [0, 0.05) is 20.6 Å². The van der Waals surface area contributed by atoms with Crippen LogP contribution < -0.4 is 0 Å². The van der Waals surface area contributed by atoms with Gasteiger partial charge >= 0.3 is 0 Å². The van der Waals surface area contributed by atoms with Crippen LogP contribution >= 0.6 is 27.5 Å². The third-order valence-electron chi connectivity index (χ3n) is 2.85. The predicted molar refractivity (Wildman–Crippen MR) is 83.0 cm³/mol. The van der Waals surface area contributed by atoms with Crippen LogP contribution in [-0.2, 0) is 6.42 Å². The third-order valence-corrected chi connectivity index (χ3v) is 3.53. The molecule has 2 aromatic rings. The molecule has 2 rings (SSSR count). The SMILES string of the molecule is CCCc1cccc(C(=O)c2cc(Cl)cc(Br)c2)c1. The van der Waals surface area contributed by atoms with Gasteiger partial charge in [0.1, 0.15) is 0 Å². The number of hydrogen-bond donors (Lipinski definition) is 0. The zero-order chi connectivity index (χ0) is 13.8. The van der Waals surface area contributed by atoms with Gasteiger partial charge in [0.2, 0.25) is 0 Å². The highest BCUT2D eigenvalue weighted by Crippen LogP contribution is 2.22. The Hall–Kier alpha value is -1.12. The highest BCUT2D eigenvalue weighted by Gasteiger charge is 2.11. The second kappa shape index (κ2) is 6.36. The van der Waals surface area contributed by atoms with Crippen molar-refractivity contribution in [2.24, 2.45) is 0 Å². The molecule has 0 N–H and O–H groups in total. The van der Waals surface area contributed by atoms with Gasteiger partial charge in [-0.2, -0.15) is 0 Å². The molecule has 0 spiro atoms. The molecule has 1 nitrogen and oxygen atoms in total. The van der Waals surface area contributed by atoms with E-state index >= 15 is 0 Å². The van der Waals surface area contributed by atoms with Crippen molar-refractivity contribution in [3.05, 3.63) is 68.7 Å². The topological polar surface area (TPSA) is 17.1 Å². The van der Waals surface area contributed by atoms with Gasteiger partial charge in [-0.05, 0) is 36.2 Å². The zero-order valence-corrected chi connectivity index (χ0v) is 13.0. The Labute approximate surface area is 126 Å². The molecule has 0 bridgehead atoms. The Balaban J connectivity index is 2.35. The standard InChI is InChI=1S/C16H14BrClO/c1-2-4-11-5-3-6-12(7-11)16(19)13-8-14(17)10-15(18)9-13/h3,5-10H,2,4H2,1H3. The van der Waals surface area contributed by atoms with E-state index in [1.165, 1.54) is 5.56 Å². The van der Waals surface area contributed by atoms with E-state index in [-0.39, 0.29) is 5.78 Å². The second-order valence-corrected chi connectivity index (χ2v) is 5.79. The van der Waals surface area contributed by atoms with E-state index in [9.17, 15) is 4.79 Å². The van der Waals surface area contributed by atoms with Gasteiger partial charge in [0.15, 0.2) is 5.78 Å². The molecule has 0 unspecified atom stereocenters. The molecule has 0 saturated heterocycles. The van der Waals surface area contributed by atoms with Crippen LogP contribution in [0.3, 0.4) is 0 Å². The van der Waals surface area contributed by atoms with Crippen LogP contribution in [0, 0.1) is 0 Å². The monoisotopic (exact) mass is 336 g/mol. The summed E-state index contributed by atoms with van der Waals surface area (Å²) in [5.74, 6) is 0.00107. The molecule has 2 aromatic carbocycles. The van der Waals surface area contributed by atoms with E-state index in [0.29, 0.717) is 16.1 Å². The van der Waals surface area contributed by atoms with Crippen LogP contribution in [0.5, 0.6) is 0 Å². The summed E-state index contributed by atoms with van der Waals surface area (Å²) in [6.07, 6.45) is 2.06. The van der Waals surface area contributed by atoms with Crippen LogP contribution in [0.1, 0.15) is 34.8 Å². The summed E-state index contributed by atoms with van der Waals surface area (Å²) in [5, 5.41) is 0.558. The lowest BCUT2D eigenvalue weighted by Crippen LogP contribution is -2.02. The first-order valence-corrected chi connectivity index (χ1v) is 7.37. The second-order valence-electron chi connectivity index (χ2n) is 4.44. The summed E-state index contributed by atoms with van der Waals surface area (Å²) in [6.45, 7) is 2.13. The van der Waals surface area contributed by atoms with E-state index in [4.69, 9.17) is 11.6 Å². The highest BCUT2D eigenvalue weighted by atomic mass is 79.9. The molecule has 98 valence electrons. The fraction of sp³-hybridized carbons (Fsp3) is 0.188. The highest BCUT2D eigenvalue weighted by molar-refractivity contribution is 9.10. The van der Waals surface area contributed by atoms with E-state index in [1.54, 1.807) is 18.2 Å². The summed E-state index contributed by atoms with van der Waals surface area (Å²) < 4.78 is 0.813. The van der Waals surface area contributed by atoms with Crippen molar-refractivity contribution < 1.29 is 4.79 Å². The van der Waals surface area contributed by atoms with Crippen molar-refractivity contribution in [3.8, 4) is 0 Å². The maximum Gasteiger partial charge on any atom is 0.193 e. The van der Waals surface area contributed by atoms with Gasteiger partial charge in [-0.1, -0.05) is 59.1 Å². The van der Waals surface area contributed by atoms with Gasteiger partial charge in [-0.15, -0.1) is 0 Å². The minimum absolute atomic E-state index is 0.00107. The summed E-state index contributed by atoms with van der Waals surface area (Å²) >= 11 is 9.34. The van der Waals surface area contributed by atoms with Crippen LogP contribution in [0.15, 0.2) is 46.9 Å². The zero-order valence-electron chi connectivity index (χ0n) is 10.6. The molecular weight excluding hydrogens is 324 g/mol. The first kappa shape index (κ1) is 14.3. The summed E-state index contributed by atoms with van der Waals surface area (Å²) in [5.41, 5.74) is 2.50. The van der Waals surface area contributed by atoms with Crippen LogP contribution in [0.4, 0.5) is 0 Å². The fourth-order valence-corrected chi connectivity index (χ4v) is 2.87. The predicted octanol–water partition coefficient (Wildman–Crippen LogP) is 5.29. The normalized spacial score (nSPS) is 10.5. The molecule has 0 saturated carbocycles. The lowest BCUT2D eigenvalue weighted by molar-refractivity contribution is 0.103. The van der Waals surface area contributed by atoms with Gasteiger partial charge in [0.05, 0.1) is 0 Å². The van der Waals surface area contributed by atoms with Crippen LogP contribution in [0.25, 0.3) is 0 Å². The minimum atomic E-state index is 0.00107. The Morgan fingerprint density at radius 3 is 2.63 bits per heavy atom. The van der Waals surface area contributed by atoms with E-state index in [1.807, 2.05) is 24.3 Å². The van der Waals surface area contributed by atoms with Crippen LogP contribution in [-0.4, -0.2) is 5.78 Å². The molecule has 0 heterocycles. The molecule has 0 aliphatic carbocycles. The van der Waals surface area contributed by atoms with E-state index < -0.39 is 0 Å². The molecule has 0 amide bonds. The Morgan fingerprint density at radius 1 is 1.16 bits per heavy atom. The van der Waals surface area contributed by atoms with Gasteiger partial charge in [-0.25, -0.2) is 0 Å². The number of benzene rings is 2. The third kappa shape index (κ3) is 3.68. The lowest BCUT2D eigenvalue weighted by atomic mass is 10.00. The van der Waals surface area contributed by atoms with Crippen LogP contribution in [0.2, 0.25) is 5.02 Å². The molecule has 19 heavy (non-hydrogen) atoms. The van der Waals surface area contributed by atoms with Crippen molar-refractivity contribution >= 4 is 33.3 Å². The lowest BCUT2D eigenvalue weighted by Gasteiger charge is -2.05. The largest absolute Gasteiger partial charge is 0.289 e. The molecular formula is C16H14BrClO. The van der Waals surface area contributed by atoms with Gasteiger partial charge in [-0.3, -0.25) is 4.79 Å². The summed E-state index contributed by atoms with van der Waals surface area (Å²) in [6, 6.07) is 13.0. The maximum atomic E-state index is 12.4. The van der Waals surface area contributed by atoms with Crippen molar-refractivity contribution in [2.45, 2.75) is 19.8 Å². The Bertz CT molecular complexity index is 587. The molecule has 0 aromatic heterocycles. The Morgan fingerprint density at radius 2 is 1.95 bits per heavy atom. The first-order valence-electron chi connectivity index (χ1n) is 6.20. The minimum Gasteiger partial charge on any atom is -0.289 e. The molecule has 3 heteroatoms. The quantitative estimate of drug-likeness (QED) is 0.693. The fourth-order valence-electron chi connectivity index (χ4n) is 2.01. The first-order chi connectivity index (χ1) is 9.10. The number of carbonyl (C=O) groups is 1. The molecule has 0 atom stereocenters. The molecule has 0 aliphatic rings.